The standard InChI is InChI=1S/C21H19F2N7O/c22-21(23)6-3-12-1-2-15-17(18(12)31-21)27-20(24)30-19(15)26-16(28-30)5-8-29-10-13-4-7-25-9-14(13)11-29/h1-2,4,7,9H,3,5-6,8,10-11H2,(H2,24,27). The molecule has 0 spiro atoms. The molecular formula is C21H19F2N7O. The van der Waals surface area contributed by atoms with Crippen LogP contribution >= 0.6 is 0 Å². The summed E-state index contributed by atoms with van der Waals surface area (Å²) in [7, 11) is 0. The van der Waals surface area contributed by atoms with Crippen LogP contribution in [-0.4, -0.2) is 42.1 Å². The number of rotatable bonds is 3. The second-order valence-electron chi connectivity index (χ2n) is 8.03. The number of halogens is 2. The number of aromatic nitrogens is 5. The van der Waals surface area contributed by atoms with Crippen molar-refractivity contribution < 1.29 is 13.5 Å². The Morgan fingerprint density at radius 2 is 1.97 bits per heavy atom. The molecule has 158 valence electrons. The third-order valence-corrected chi connectivity index (χ3v) is 5.93. The lowest BCUT2D eigenvalue weighted by Crippen LogP contribution is -2.29. The number of hydrogen-bond donors (Lipinski definition) is 1. The van der Waals surface area contributed by atoms with Gasteiger partial charge in [-0.2, -0.15) is 13.3 Å². The normalized spacial score (nSPS) is 17.6. The largest absolute Gasteiger partial charge is 0.430 e. The van der Waals surface area contributed by atoms with Crippen molar-refractivity contribution in [3.8, 4) is 5.75 Å². The Balaban J connectivity index is 1.32. The number of ether oxygens (including phenoxy) is 1. The molecule has 0 bridgehead atoms. The van der Waals surface area contributed by atoms with Gasteiger partial charge >= 0.3 is 6.11 Å². The molecule has 1 aromatic carbocycles. The van der Waals surface area contributed by atoms with Gasteiger partial charge < -0.3 is 10.5 Å². The van der Waals surface area contributed by atoms with Crippen LogP contribution in [0.5, 0.6) is 5.75 Å². The van der Waals surface area contributed by atoms with Gasteiger partial charge in [0.25, 0.3) is 0 Å². The monoisotopic (exact) mass is 423 g/mol. The van der Waals surface area contributed by atoms with Crippen molar-refractivity contribution in [1.29, 1.82) is 0 Å². The summed E-state index contributed by atoms with van der Waals surface area (Å²) >= 11 is 0. The van der Waals surface area contributed by atoms with Gasteiger partial charge in [-0.15, -0.1) is 5.10 Å². The molecule has 0 saturated carbocycles. The molecule has 4 aromatic rings. The van der Waals surface area contributed by atoms with E-state index in [9.17, 15) is 8.78 Å². The number of pyridine rings is 1. The number of hydrogen-bond acceptors (Lipinski definition) is 7. The highest BCUT2D eigenvalue weighted by Crippen LogP contribution is 2.40. The predicted octanol–water partition coefficient (Wildman–Crippen LogP) is 2.73. The van der Waals surface area contributed by atoms with Crippen LogP contribution in [-0.2, 0) is 25.9 Å². The number of aryl methyl sites for hydroxylation is 1. The molecule has 6 rings (SSSR count). The third kappa shape index (κ3) is 3.05. The van der Waals surface area contributed by atoms with E-state index in [1.807, 2.05) is 24.5 Å². The first-order valence-electron chi connectivity index (χ1n) is 10.1. The zero-order valence-electron chi connectivity index (χ0n) is 16.6. The molecule has 3 aromatic heterocycles. The smallest absolute Gasteiger partial charge is 0.398 e. The second kappa shape index (κ2) is 6.55. The Bertz CT molecular complexity index is 1310. The van der Waals surface area contributed by atoms with Crippen LogP contribution in [0.15, 0.2) is 30.6 Å². The maximum absolute atomic E-state index is 13.9. The summed E-state index contributed by atoms with van der Waals surface area (Å²) in [5.41, 5.74) is 10.1. The Labute approximate surface area is 175 Å². The fourth-order valence-corrected chi connectivity index (χ4v) is 4.36. The first-order valence-corrected chi connectivity index (χ1v) is 10.1. The van der Waals surface area contributed by atoms with E-state index in [4.69, 9.17) is 10.5 Å². The van der Waals surface area contributed by atoms with E-state index >= 15 is 0 Å². The van der Waals surface area contributed by atoms with Gasteiger partial charge in [0, 0.05) is 43.8 Å². The number of nitrogens with zero attached hydrogens (tertiary/aromatic N) is 6. The number of benzene rings is 1. The molecule has 0 amide bonds. The van der Waals surface area contributed by atoms with Crippen LogP contribution < -0.4 is 10.5 Å². The highest BCUT2D eigenvalue weighted by atomic mass is 19.3. The predicted molar refractivity (Wildman–Crippen MR) is 109 cm³/mol. The minimum Gasteiger partial charge on any atom is -0.430 e. The number of alkyl halides is 2. The van der Waals surface area contributed by atoms with E-state index in [0.717, 1.165) is 19.6 Å². The van der Waals surface area contributed by atoms with Gasteiger partial charge in [-0.25, -0.2) is 9.97 Å². The first-order chi connectivity index (χ1) is 15.0. The maximum Gasteiger partial charge on any atom is 0.398 e. The Morgan fingerprint density at radius 1 is 1.10 bits per heavy atom. The molecule has 8 nitrogen and oxygen atoms in total. The zero-order valence-corrected chi connectivity index (χ0v) is 16.6. The molecule has 0 saturated heterocycles. The van der Waals surface area contributed by atoms with Crippen molar-refractivity contribution in [2.24, 2.45) is 0 Å². The zero-order chi connectivity index (χ0) is 21.2. The average Bonchev–Trinajstić information content (AvgIpc) is 3.36. The Hall–Kier alpha value is -3.40. The molecule has 0 aliphatic carbocycles. The summed E-state index contributed by atoms with van der Waals surface area (Å²) in [5, 5.41) is 5.09. The number of anilines is 1. The fourth-order valence-electron chi connectivity index (χ4n) is 4.36. The minimum absolute atomic E-state index is 0.0796. The van der Waals surface area contributed by atoms with Gasteiger partial charge in [-0.05, 0) is 35.2 Å². The maximum atomic E-state index is 13.9. The minimum atomic E-state index is -3.22. The molecule has 0 radical (unpaired) electrons. The SMILES string of the molecule is Nc1nc2c3c(ccc2c2nc(CCN4Cc5ccncc5C4)nn12)CCC(F)(F)O3. The van der Waals surface area contributed by atoms with Crippen molar-refractivity contribution in [1.82, 2.24) is 29.5 Å². The highest BCUT2D eigenvalue weighted by Gasteiger charge is 2.37. The van der Waals surface area contributed by atoms with E-state index in [0.29, 0.717) is 34.4 Å². The molecule has 2 N–H and O–H groups in total. The summed E-state index contributed by atoms with van der Waals surface area (Å²) in [6.45, 7) is 2.50. The Morgan fingerprint density at radius 3 is 2.84 bits per heavy atom. The van der Waals surface area contributed by atoms with Crippen LogP contribution in [0.25, 0.3) is 16.6 Å². The van der Waals surface area contributed by atoms with Gasteiger partial charge in [0.2, 0.25) is 5.95 Å². The van der Waals surface area contributed by atoms with Crippen LogP contribution in [0.4, 0.5) is 14.7 Å². The third-order valence-electron chi connectivity index (χ3n) is 5.93. The summed E-state index contributed by atoms with van der Waals surface area (Å²) in [5.74, 6) is 0.793. The summed E-state index contributed by atoms with van der Waals surface area (Å²) in [6, 6.07) is 5.66. The molecular weight excluding hydrogens is 404 g/mol. The first kappa shape index (κ1) is 18.4. The fraction of sp³-hybridized carbons (Fsp3) is 0.333. The lowest BCUT2D eigenvalue weighted by Gasteiger charge is -2.25. The van der Waals surface area contributed by atoms with Crippen LogP contribution in [0.1, 0.15) is 28.9 Å². The molecule has 0 atom stereocenters. The van der Waals surface area contributed by atoms with Crippen LogP contribution in [0, 0.1) is 0 Å². The van der Waals surface area contributed by atoms with E-state index in [2.05, 4.69) is 25.0 Å². The number of nitrogens with two attached hydrogens (primary N) is 1. The topological polar surface area (TPSA) is 94.5 Å². The van der Waals surface area contributed by atoms with Gasteiger partial charge in [0.15, 0.2) is 17.2 Å². The van der Waals surface area contributed by atoms with E-state index < -0.39 is 6.11 Å². The van der Waals surface area contributed by atoms with Gasteiger partial charge in [0.1, 0.15) is 5.52 Å². The van der Waals surface area contributed by atoms with Gasteiger partial charge in [0.05, 0.1) is 6.42 Å². The Kier molecular flexibility index (Phi) is 3.88. The lowest BCUT2D eigenvalue weighted by atomic mass is 10.0. The average molecular weight is 423 g/mol. The molecule has 0 fully saturated rings. The molecule has 5 heterocycles. The van der Waals surface area contributed by atoms with E-state index in [1.54, 1.807) is 6.07 Å². The molecule has 0 unspecified atom stereocenters. The van der Waals surface area contributed by atoms with Crippen molar-refractivity contribution >= 4 is 22.5 Å². The molecule has 31 heavy (non-hydrogen) atoms. The summed E-state index contributed by atoms with van der Waals surface area (Å²) in [4.78, 5) is 15.5. The molecule has 10 heteroatoms. The van der Waals surface area contributed by atoms with Gasteiger partial charge in [-0.3, -0.25) is 9.88 Å². The number of nitrogen functional groups attached to an aromatic ring is 1. The number of fused-ring (bicyclic) bond motifs is 6. The van der Waals surface area contributed by atoms with Gasteiger partial charge in [-0.1, -0.05) is 6.07 Å². The molecule has 2 aliphatic rings. The van der Waals surface area contributed by atoms with E-state index in [1.165, 1.54) is 15.6 Å². The van der Waals surface area contributed by atoms with Crippen molar-refractivity contribution in [3.63, 3.8) is 0 Å². The van der Waals surface area contributed by atoms with E-state index in [-0.39, 0.29) is 24.5 Å². The quantitative estimate of drug-likeness (QED) is 0.541. The summed E-state index contributed by atoms with van der Waals surface area (Å²) < 4.78 is 34.1. The van der Waals surface area contributed by atoms with Crippen LogP contribution in [0.2, 0.25) is 0 Å². The molecule has 2 aliphatic heterocycles. The highest BCUT2D eigenvalue weighted by molar-refractivity contribution is 5.96. The van der Waals surface area contributed by atoms with Crippen molar-refractivity contribution in [2.75, 3.05) is 12.3 Å². The lowest BCUT2D eigenvalue weighted by molar-refractivity contribution is -0.186. The van der Waals surface area contributed by atoms with Crippen LogP contribution in [0.3, 0.4) is 0 Å². The summed E-state index contributed by atoms with van der Waals surface area (Å²) in [6.07, 6.45) is 0.995. The second-order valence-corrected chi connectivity index (χ2v) is 8.03. The van der Waals surface area contributed by atoms with Crippen molar-refractivity contribution in [2.45, 2.75) is 38.5 Å². The van der Waals surface area contributed by atoms with Crippen molar-refractivity contribution in [3.05, 3.63) is 53.1 Å².